The van der Waals surface area contributed by atoms with Gasteiger partial charge in [0.2, 0.25) is 5.78 Å². The Labute approximate surface area is 196 Å². The third-order valence-corrected chi connectivity index (χ3v) is 5.55. The molecule has 0 amide bonds. The second-order valence-corrected chi connectivity index (χ2v) is 7.66. The van der Waals surface area contributed by atoms with Crippen molar-refractivity contribution in [3.05, 3.63) is 38.9 Å². The Kier molecular flexibility index (Phi) is 6.65. The Morgan fingerprint density at radius 3 is 1.31 bits per heavy atom. The predicted molar refractivity (Wildman–Crippen MR) is 82.9 cm³/mol. The molecular formula is C16HCl2F16O2-. The van der Waals surface area contributed by atoms with E-state index in [1.54, 1.807) is 0 Å². The fourth-order valence-electron chi connectivity index (χ4n) is 2.92. The van der Waals surface area contributed by atoms with Gasteiger partial charge < -0.3 is 5.11 Å². The number of ketones is 1. The van der Waals surface area contributed by atoms with Gasteiger partial charge in [-0.3, -0.25) is 4.79 Å². The Hall–Kier alpha value is -2.11. The van der Waals surface area contributed by atoms with Crippen LogP contribution in [0, 0.1) is 11.6 Å². The van der Waals surface area contributed by atoms with Gasteiger partial charge in [0.05, 0.1) is 10.0 Å². The van der Waals surface area contributed by atoms with Crippen molar-refractivity contribution in [2.45, 2.75) is 41.5 Å². The largest absolute Gasteiger partial charge is 0.872 e. The number of benzene rings is 1. The molecule has 20 heteroatoms. The first-order valence-electron chi connectivity index (χ1n) is 8.14. The number of hydrogen-bond donors (Lipinski definition) is 0. The molecule has 0 bridgehead atoms. The van der Waals surface area contributed by atoms with Crippen LogP contribution in [0.25, 0.3) is 5.76 Å². The smallest absolute Gasteiger partial charge is 0.422 e. The molecule has 0 N–H and O–H groups in total. The third kappa shape index (κ3) is 3.31. The summed E-state index contributed by atoms with van der Waals surface area (Å²) in [4.78, 5) is 11.8. The number of carbonyl (C=O) groups is 1. The number of hydrogen-bond acceptors (Lipinski definition) is 2. The van der Waals surface area contributed by atoms with Gasteiger partial charge in [-0.1, -0.05) is 29.0 Å². The number of rotatable bonds is 3. The van der Waals surface area contributed by atoms with E-state index >= 15 is 0 Å². The molecule has 2 rings (SSSR count). The van der Waals surface area contributed by atoms with Crippen LogP contribution in [0.5, 0.6) is 0 Å². The van der Waals surface area contributed by atoms with Gasteiger partial charge in [0.25, 0.3) is 0 Å². The summed E-state index contributed by atoms with van der Waals surface area (Å²) in [6.07, 6.45) is -7.52. The molecule has 36 heavy (non-hydrogen) atoms. The van der Waals surface area contributed by atoms with Crippen molar-refractivity contribution in [1.29, 1.82) is 0 Å². The van der Waals surface area contributed by atoms with E-state index in [4.69, 9.17) is 23.2 Å². The van der Waals surface area contributed by atoms with Gasteiger partial charge in [-0.25, -0.2) is 13.2 Å². The van der Waals surface area contributed by atoms with Crippen LogP contribution in [0.2, 0.25) is 10.0 Å². The Bertz CT molecular complexity index is 1090. The lowest BCUT2D eigenvalue weighted by Crippen LogP contribution is -2.85. The zero-order chi connectivity index (χ0) is 28.8. The fourth-order valence-corrected chi connectivity index (χ4v) is 3.53. The molecule has 2 nitrogen and oxygen atoms in total. The molecule has 0 atom stereocenters. The van der Waals surface area contributed by atoms with E-state index in [0.717, 1.165) is 0 Å². The zero-order valence-electron chi connectivity index (χ0n) is 15.7. The Balaban J connectivity index is 2.85. The normalized spacial score (nSPS) is 23.9. The van der Waals surface area contributed by atoms with Crippen LogP contribution >= 0.6 is 23.2 Å². The molecule has 1 fully saturated rings. The van der Waals surface area contributed by atoms with Crippen molar-refractivity contribution >= 4 is 34.7 Å². The summed E-state index contributed by atoms with van der Waals surface area (Å²) in [5.41, 5.74) is -12.4. The van der Waals surface area contributed by atoms with Crippen LogP contribution in [0.15, 0.2) is 6.08 Å². The molecule has 0 saturated heterocycles. The van der Waals surface area contributed by atoms with E-state index in [9.17, 15) is 80.1 Å². The highest BCUT2D eigenvalue weighted by atomic mass is 35.5. The highest BCUT2D eigenvalue weighted by Crippen LogP contribution is 2.69. The topological polar surface area (TPSA) is 40.1 Å². The van der Waals surface area contributed by atoms with Crippen molar-refractivity contribution in [2.24, 2.45) is 0 Å². The summed E-state index contributed by atoms with van der Waals surface area (Å²) in [5, 5.41) is 7.56. The van der Waals surface area contributed by atoms with Gasteiger partial charge in [-0.05, 0) is 6.08 Å². The summed E-state index contributed by atoms with van der Waals surface area (Å²) in [7, 11) is 0. The van der Waals surface area contributed by atoms with Crippen LogP contribution in [0.1, 0.15) is 11.1 Å². The molecule has 1 saturated carbocycles. The molecule has 1 aromatic carbocycles. The van der Waals surface area contributed by atoms with E-state index in [-0.39, 0.29) is 0 Å². The molecule has 1 aliphatic carbocycles. The minimum atomic E-state index is -7.73. The highest BCUT2D eigenvalue weighted by molar-refractivity contribution is 6.38. The second kappa shape index (κ2) is 7.94. The molecule has 0 aliphatic heterocycles. The van der Waals surface area contributed by atoms with Gasteiger partial charge in [0.15, 0.2) is 11.6 Å². The maximum Gasteiger partial charge on any atom is 0.422 e. The average Bonchev–Trinajstić information content (AvgIpc) is 2.69. The molecule has 0 aromatic heterocycles. The molecular weight excluding hydrogens is 599 g/mol. The molecule has 1 aliphatic rings. The number of carbonyl (C=O) groups excluding carboxylic acids is 1. The predicted octanol–water partition coefficient (Wildman–Crippen LogP) is 6.46. The number of allylic oxidation sites excluding steroid dienone is 1. The SMILES string of the molecule is O=C(/C=C(\[O-])c1c(Cl)c(F)c(C(F)(F)F)c(F)c1Cl)C1(F)C(F)(F)C(F)(F)C(F)(F)C(F)(F)C1(F)F. The molecule has 0 heterocycles. The minimum absolute atomic E-state index is 1.59. The van der Waals surface area contributed by atoms with E-state index in [1.807, 2.05) is 0 Å². The first kappa shape index (κ1) is 30.1. The summed E-state index contributed by atoms with van der Waals surface area (Å²) >= 11 is 10.0. The lowest BCUT2D eigenvalue weighted by Gasteiger charge is -2.51. The lowest BCUT2D eigenvalue weighted by molar-refractivity contribution is -0.475. The van der Waals surface area contributed by atoms with E-state index < -0.39 is 91.9 Å². The van der Waals surface area contributed by atoms with E-state index in [2.05, 4.69) is 0 Å². The molecule has 0 unspecified atom stereocenters. The summed E-state index contributed by atoms with van der Waals surface area (Å²) < 4.78 is 216. The van der Waals surface area contributed by atoms with Crippen LogP contribution in [-0.2, 0) is 11.0 Å². The van der Waals surface area contributed by atoms with Crippen molar-refractivity contribution in [3.8, 4) is 0 Å². The van der Waals surface area contributed by atoms with Crippen LogP contribution in [0.3, 0.4) is 0 Å². The standard InChI is InChI=1S/C16H2Cl2F16O2/c17-6-4(7(18)9(20)5(8(6)19)11(22,23)24)2(35)1-3(36)10(21)12(25,26)14(29,30)16(33,34)15(31,32)13(10,27)28/h1,35H/p-1/b2-1-. The first-order valence-corrected chi connectivity index (χ1v) is 8.89. The summed E-state index contributed by atoms with van der Waals surface area (Å²) in [6, 6.07) is 0. The summed E-state index contributed by atoms with van der Waals surface area (Å²) in [5.74, 6) is -51.3. The quantitative estimate of drug-likeness (QED) is 0.173. The van der Waals surface area contributed by atoms with Gasteiger partial charge in [0.1, 0.15) is 5.56 Å². The first-order chi connectivity index (χ1) is 15.7. The van der Waals surface area contributed by atoms with Crippen molar-refractivity contribution < 1.29 is 80.1 Å². The average molecular weight is 600 g/mol. The van der Waals surface area contributed by atoms with Gasteiger partial charge in [0, 0.05) is 5.56 Å². The van der Waals surface area contributed by atoms with Gasteiger partial charge in [-0.15, -0.1) is 0 Å². The highest BCUT2D eigenvalue weighted by Gasteiger charge is 3.02. The van der Waals surface area contributed by atoms with Gasteiger partial charge >= 0.3 is 41.5 Å². The zero-order valence-corrected chi connectivity index (χ0v) is 17.2. The monoisotopic (exact) mass is 599 g/mol. The van der Waals surface area contributed by atoms with E-state index in [1.165, 1.54) is 0 Å². The number of alkyl halides is 14. The van der Waals surface area contributed by atoms with Crippen LogP contribution in [-0.4, -0.2) is 41.1 Å². The van der Waals surface area contributed by atoms with Crippen LogP contribution in [0.4, 0.5) is 70.2 Å². The minimum Gasteiger partial charge on any atom is -0.872 e. The second-order valence-electron chi connectivity index (χ2n) is 6.91. The third-order valence-electron chi connectivity index (χ3n) is 4.84. The Morgan fingerprint density at radius 2 is 1.00 bits per heavy atom. The molecule has 0 radical (unpaired) electrons. The van der Waals surface area contributed by atoms with Crippen molar-refractivity contribution in [1.82, 2.24) is 0 Å². The van der Waals surface area contributed by atoms with Gasteiger partial charge in [-0.2, -0.15) is 57.1 Å². The molecule has 0 spiro atoms. The lowest BCUT2D eigenvalue weighted by atomic mass is 9.70. The summed E-state index contributed by atoms with van der Waals surface area (Å²) in [6.45, 7) is 0. The number of halogens is 18. The van der Waals surface area contributed by atoms with Crippen molar-refractivity contribution in [2.75, 3.05) is 0 Å². The maximum atomic E-state index is 14.6. The van der Waals surface area contributed by atoms with Crippen molar-refractivity contribution in [3.63, 3.8) is 0 Å². The maximum absolute atomic E-state index is 14.6. The molecule has 204 valence electrons. The van der Waals surface area contributed by atoms with E-state index in [0.29, 0.717) is 0 Å². The molecule has 1 aromatic rings. The fraction of sp³-hybridized carbons (Fsp3) is 0.438. The Morgan fingerprint density at radius 1 is 0.694 bits per heavy atom. The van der Waals surface area contributed by atoms with Crippen LogP contribution < -0.4 is 5.11 Å².